The van der Waals surface area contributed by atoms with Crippen LogP contribution in [0.4, 0.5) is 4.79 Å². The van der Waals surface area contributed by atoms with Gasteiger partial charge in [-0.3, -0.25) is 0 Å². The summed E-state index contributed by atoms with van der Waals surface area (Å²) in [6, 6.07) is 0.871. The summed E-state index contributed by atoms with van der Waals surface area (Å²) in [5.74, 6) is 0.685. The Morgan fingerprint density at radius 2 is 2.12 bits per heavy atom. The average Bonchev–Trinajstić information content (AvgIpc) is 2.80. The zero-order valence-corrected chi connectivity index (χ0v) is 9.82. The van der Waals surface area contributed by atoms with Crippen molar-refractivity contribution in [2.45, 2.75) is 31.7 Å². The predicted molar refractivity (Wildman–Crippen MR) is 62.3 cm³/mol. The lowest BCUT2D eigenvalue weighted by Gasteiger charge is -2.34. The van der Waals surface area contributed by atoms with E-state index in [-0.39, 0.29) is 0 Å². The van der Waals surface area contributed by atoms with Crippen LogP contribution in [-0.4, -0.2) is 54.6 Å². The lowest BCUT2D eigenvalue weighted by Crippen LogP contribution is -2.43. The number of urea groups is 1. The van der Waals surface area contributed by atoms with E-state index in [9.17, 15) is 4.79 Å². The van der Waals surface area contributed by atoms with Crippen molar-refractivity contribution in [2.75, 3.05) is 32.7 Å². The van der Waals surface area contributed by atoms with Crippen LogP contribution in [0, 0.1) is 5.92 Å². The molecule has 1 aliphatic carbocycles. The molecule has 0 aromatic rings. The van der Waals surface area contributed by atoms with Crippen LogP contribution in [0.3, 0.4) is 0 Å². The van der Waals surface area contributed by atoms with Crippen LogP contribution in [0.5, 0.6) is 0 Å². The normalized spacial score (nSPS) is 31.2. The van der Waals surface area contributed by atoms with Gasteiger partial charge >= 0.3 is 6.03 Å². The molecule has 2 saturated heterocycles. The first kappa shape index (κ1) is 10.4. The third kappa shape index (κ3) is 1.79. The Hall–Kier alpha value is -0.770. The molecule has 2 amide bonds. The second-order valence-corrected chi connectivity index (χ2v) is 5.37. The second kappa shape index (κ2) is 4.24. The number of carbonyl (C=O) groups excluding carboxylic acids is 1. The van der Waals surface area contributed by atoms with Crippen molar-refractivity contribution in [3.05, 3.63) is 0 Å². The number of nitrogens with one attached hydrogen (secondary N) is 1. The summed E-state index contributed by atoms with van der Waals surface area (Å²) < 4.78 is 0. The summed E-state index contributed by atoms with van der Waals surface area (Å²) in [6.45, 7) is 5.09. The van der Waals surface area contributed by atoms with Crippen LogP contribution >= 0.6 is 0 Å². The third-order valence-electron chi connectivity index (χ3n) is 4.28. The number of rotatable bonds is 3. The van der Waals surface area contributed by atoms with Crippen LogP contribution in [0.2, 0.25) is 0 Å². The van der Waals surface area contributed by atoms with Crippen molar-refractivity contribution >= 4 is 6.03 Å². The van der Waals surface area contributed by atoms with E-state index < -0.39 is 0 Å². The molecule has 4 heteroatoms. The highest BCUT2D eigenvalue weighted by atomic mass is 16.2. The third-order valence-corrected chi connectivity index (χ3v) is 4.28. The SMILES string of the molecule is O=C1N(CC2CCNC2)CCN1C1CCC1. The second-order valence-electron chi connectivity index (χ2n) is 5.37. The Labute approximate surface area is 97.0 Å². The van der Waals surface area contributed by atoms with Gasteiger partial charge in [0.05, 0.1) is 0 Å². The van der Waals surface area contributed by atoms with Crippen LogP contribution in [0.25, 0.3) is 0 Å². The molecular formula is C12H21N3O. The zero-order chi connectivity index (χ0) is 11.0. The van der Waals surface area contributed by atoms with E-state index in [0.717, 1.165) is 32.7 Å². The van der Waals surface area contributed by atoms with E-state index in [1.807, 2.05) is 0 Å². The van der Waals surface area contributed by atoms with Gasteiger partial charge in [-0.2, -0.15) is 0 Å². The van der Waals surface area contributed by atoms with Gasteiger partial charge in [0.1, 0.15) is 0 Å². The molecule has 1 atom stereocenters. The first-order chi connectivity index (χ1) is 7.84. The van der Waals surface area contributed by atoms with E-state index in [0.29, 0.717) is 18.0 Å². The molecule has 4 nitrogen and oxygen atoms in total. The van der Waals surface area contributed by atoms with Gasteiger partial charge in [-0.1, -0.05) is 0 Å². The van der Waals surface area contributed by atoms with Crippen LogP contribution in [-0.2, 0) is 0 Å². The minimum atomic E-state index is 0.302. The number of amides is 2. The maximum atomic E-state index is 12.2. The van der Waals surface area contributed by atoms with Crippen molar-refractivity contribution in [3.63, 3.8) is 0 Å². The summed E-state index contributed by atoms with van der Waals surface area (Å²) >= 11 is 0. The Kier molecular flexibility index (Phi) is 2.75. The van der Waals surface area contributed by atoms with E-state index in [1.165, 1.54) is 25.7 Å². The molecule has 0 bridgehead atoms. The molecule has 1 unspecified atom stereocenters. The Morgan fingerprint density at radius 3 is 2.75 bits per heavy atom. The maximum Gasteiger partial charge on any atom is 0.320 e. The van der Waals surface area contributed by atoms with Gasteiger partial charge in [0.15, 0.2) is 0 Å². The first-order valence-corrected chi connectivity index (χ1v) is 6.61. The van der Waals surface area contributed by atoms with Gasteiger partial charge in [0, 0.05) is 25.7 Å². The topological polar surface area (TPSA) is 35.6 Å². The Balaban J connectivity index is 1.54. The molecule has 2 aliphatic heterocycles. The minimum Gasteiger partial charge on any atom is -0.323 e. The van der Waals surface area contributed by atoms with Crippen LogP contribution in [0.1, 0.15) is 25.7 Å². The summed E-state index contributed by atoms with van der Waals surface area (Å²) in [4.78, 5) is 16.3. The van der Waals surface area contributed by atoms with Gasteiger partial charge in [-0.25, -0.2) is 4.79 Å². The summed E-state index contributed by atoms with van der Waals surface area (Å²) in [6.07, 6.45) is 4.99. The Morgan fingerprint density at radius 1 is 1.25 bits per heavy atom. The van der Waals surface area contributed by atoms with Gasteiger partial charge in [0.25, 0.3) is 0 Å². The number of hydrogen-bond donors (Lipinski definition) is 1. The molecule has 16 heavy (non-hydrogen) atoms. The van der Waals surface area contributed by atoms with Gasteiger partial charge < -0.3 is 15.1 Å². The zero-order valence-electron chi connectivity index (χ0n) is 9.82. The average molecular weight is 223 g/mol. The molecule has 90 valence electrons. The molecule has 1 N–H and O–H groups in total. The molecule has 0 radical (unpaired) electrons. The summed E-state index contributed by atoms with van der Waals surface area (Å²) in [5, 5.41) is 3.37. The van der Waals surface area contributed by atoms with Crippen LogP contribution in [0.15, 0.2) is 0 Å². The largest absolute Gasteiger partial charge is 0.323 e. The number of hydrogen-bond acceptors (Lipinski definition) is 2. The predicted octanol–water partition coefficient (Wildman–Crippen LogP) is 0.886. The molecular weight excluding hydrogens is 202 g/mol. The highest BCUT2D eigenvalue weighted by Gasteiger charge is 2.37. The summed E-state index contributed by atoms with van der Waals surface area (Å²) in [5.41, 5.74) is 0. The van der Waals surface area contributed by atoms with Gasteiger partial charge in [-0.15, -0.1) is 0 Å². The molecule has 0 aromatic carbocycles. The molecule has 3 rings (SSSR count). The van der Waals surface area contributed by atoms with E-state index >= 15 is 0 Å². The molecule has 3 aliphatic rings. The van der Waals surface area contributed by atoms with Crippen molar-refractivity contribution < 1.29 is 4.79 Å². The molecule has 2 heterocycles. The molecule has 0 aromatic heterocycles. The highest BCUT2D eigenvalue weighted by molar-refractivity contribution is 5.77. The number of nitrogens with zero attached hydrogens (tertiary/aromatic N) is 2. The lowest BCUT2D eigenvalue weighted by atomic mass is 9.92. The Bertz CT molecular complexity index is 271. The number of carbonyl (C=O) groups is 1. The van der Waals surface area contributed by atoms with Gasteiger partial charge in [0.2, 0.25) is 0 Å². The minimum absolute atomic E-state index is 0.302. The van der Waals surface area contributed by atoms with Crippen molar-refractivity contribution in [1.82, 2.24) is 15.1 Å². The van der Waals surface area contributed by atoms with Crippen LogP contribution < -0.4 is 5.32 Å². The fourth-order valence-electron chi connectivity index (χ4n) is 2.99. The van der Waals surface area contributed by atoms with Crippen molar-refractivity contribution in [3.8, 4) is 0 Å². The first-order valence-electron chi connectivity index (χ1n) is 6.61. The molecule has 1 saturated carbocycles. The van der Waals surface area contributed by atoms with E-state index in [1.54, 1.807) is 0 Å². The quantitative estimate of drug-likeness (QED) is 0.771. The standard InChI is InChI=1S/C12H21N3O/c16-12-14(9-10-4-5-13-8-10)6-7-15(12)11-2-1-3-11/h10-11,13H,1-9H2. The molecule has 3 fully saturated rings. The lowest BCUT2D eigenvalue weighted by molar-refractivity contribution is 0.146. The molecule has 0 spiro atoms. The van der Waals surface area contributed by atoms with Crippen molar-refractivity contribution in [2.24, 2.45) is 5.92 Å². The smallest absolute Gasteiger partial charge is 0.320 e. The fourth-order valence-corrected chi connectivity index (χ4v) is 2.99. The van der Waals surface area contributed by atoms with E-state index in [2.05, 4.69) is 15.1 Å². The fraction of sp³-hybridized carbons (Fsp3) is 0.917. The summed E-state index contributed by atoms with van der Waals surface area (Å²) in [7, 11) is 0. The van der Waals surface area contributed by atoms with Crippen molar-refractivity contribution in [1.29, 1.82) is 0 Å². The highest BCUT2D eigenvalue weighted by Crippen LogP contribution is 2.28. The van der Waals surface area contributed by atoms with Gasteiger partial charge in [-0.05, 0) is 44.7 Å². The van der Waals surface area contributed by atoms with E-state index in [4.69, 9.17) is 0 Å². The maximum absolute atomic E-state index is 12.2. The monoisotopic (exact) mass is 223 g/mol.